The largest absolute Gasteiger partial charge is 0.410 e. The molecule has 0 unspecified atom stereocenters. The lowest BCUT2D eigenvalue weighted by molar-refractivity contribution is -0.182. The minimum absolute atomic E-state index is 0.0374. The Hall–Kier alpha value is -3.00. The predicted molar refractivity (Wildman–Crippen MR) is 117 cm³/mol. The van der Waals surface area contributed by atoms with Crippen molar-refractivity contribution < 1.29 is 18.0 Å². The molecule has 3 aromatic rings. The summed E-state index contributed by atoms with van der Waals surface area (Å²) in [5, 5.41) is 2.59. The Kier molecular flexibility index (Phi) is 6.55. The molecule has 1 N–H and O–H groups in total. The van der Waals surface area contributed by atoms with Gasteiger partial charge in [0.2, 0.25) is 0 Å². The van der Waals surface area contributed by atoms with Crippen LogP contribution in [0.1, 0.15) is 49.7 Å². The number of aromatic nitrogens is 3. The number of nitrogens with zero attached hydrogens (tertiary/aromatic N) is 3. The van der Waals surface area contributed by atoms with Gasteiger partial charge < -0.3 is 5.32 Å². The topological polar surface area (TPSA) is 67.8 Å². The van der Waals surface area contributed by atoms with Crippen molar-refractivity contribution in [1.29, 1.82) is 0 Å². The second-order valence-corrected chi connectivity index (χ2v) is 8.62. The van der Waals surface area contributed by atoms with Crippen molar-refractivity contribution >= 4 is 17.5 Å². The molecule has 0 bridgehead atoms. The highest BCUT2D eigenvalue weighted by atomic mass is 35.5. The van der Waals surface area contributed by atoms with Crippen LogP contribution in [0.2, 0.25) is 5.02 Å². The van der Waals surface area contributed by atoms with E-state index in [0.717, 1.165) is 13.8 Å². The van der Waals surface area contributed by atoms with E-state index in [2.05, 4.69) is 20.3 Å². The van der Waals surface area contributed by atoms with Gasteiger partial charge in [-0.05, 0) is 44.0 Å². The van der Waals surface area contributed by atoms with Crippen molar-refractivity contribution in [3.63, 3.8) is 0 Å². The minimum atomic E-state index is -4.62. The van der Waals surface area contributed by atoms with Crippen molar-refractivity contribution in [2.75, 3.05) is 0 Å². The smallest absolute Gasteiger partial charge is 0.338 e. The van der Waals surface area contributed by atoms with E-state index in [0.29, 0.717) is 33.2 Å². The van der Waals surface area contributed by atoms with Gasteiger partial charge in [-0.2, -0.15) is 13.2 Å². The van der Waals surface area contributed by atoms with E-state index in [1.807, 2.05) is 13.8 Å². The lowest BCUT2D eigenvalue weighted by Gasteiger charge is -2.29. The van der Waals surface area contributed by atoms with Crippen molar-refractivity contribution in [3.05, 3.63) is 65.2 Å². The van der Waals surface area contributed by atoms with Gasteiger partial charge in [0.15, 0.2) is 0 Å². The summed E-state index contributed by atoms with van der Waals surface area (Å²) in [5.41, 5.74) is 0.390. The maximum Gasteiger partial charge on any atom is 0.410 e. The normalized spacial score (nSPS) is 12.2. The molecule has 0 aliphatic heterocycles. The molecular weight excluding hydrogens is 441 g/mol. The average Bonchev–Trinajstić information content (AvgIpc) is 2.72. The van der Waals surface area contributed by atoms with Gasteiger partial charge in [0.1, 0.15) is 11.9 Å². The van der Waals surface area contributed by atoms with E-state index in [1.165, 1.54) is 18.5 Å². The maximum atomic E-state index is 13.3. The molecule has 0 radical (unpaired) electrons. The molecule has 1 amide bonds. The molecule has 0 spiro atoms. The Bertz CT molecular complexity index is 1130. The summed E-state index contributed by atoms with van der Waals surface area (Å²) in [6, 6.07) is 9.69. The van der Waals surface area contributed by atoms with E-state index in [1.54, 1.807) is 30.5 Å². The summed E-state index contributed by atoms with van der Waals surface area (Å²) in [6.45, 7) is 5.73. The van der Waals surface area contributed by atoms with Crippen LogP contribution in [0.15, 0.2) is 48.9 Å². The van der Waals surface area contributed by atoms with Crippen LogP contribution in [0.5, 0.6) is 0 Å². The van der Waals surface area contributed by atoms with Crippen molar-refractivity contribution in [3.8, 4) is 22.5 Å². The van der Waals surface area contributed by atoms with Crippen molar-refractivity contribution in [2.45, 2.75) is 45.3 Å². The van der Waals surface area contributed by atoms with E-state index >= 15 is 0 Å². The molecule has 168 valence electrons. The third-order valence-corrected chi connectivity index (χ3v) is 5.18. The molecule has 3 rings (SSSR count). The fourth-order valence-electron chi connectivity index (χ4n) is 2.99. The second kappa shape index (κ2) is 8.86. The molecule has 0 saturated carbocycles. The van der Waals surface area contributed by atoms with E-state index < -0.39 is 17.6 Å². The Balaban J connectivity index is 2.16. The summed E-state index contributed by atoms with van der Waals surface area (Å²) in [5.74, 6) is -0.829. The Morgan fingerprint density at radius 3 is 2.28 bits per heavy atom. The fourth-order valence-corrected chi connectivity index (χ4v) is 3.12. The molecule has 0 fully saturated rings. The van der Waals surface area contributed by atoms with Gasteiger partial charge in [0.05, 0.1) is 17.1 Å². The zero-order valence-electron chi connectivity index (χ0n) is 18.0. The number of hydrogen-bond acceptors (Lipinski definition) is 4. The van der Waals surface area contributed by atoms with Crippen LogP contribution >= 0.6 is 11.6 Å². The Labute approximate surface area is 189 Å². The third-order valence-electron chi connectivity index (χ3n) is 4.93. The van der Waals surface area contributed by atoms with Gasteiger partial charge in [-0.15, -0.1) is 0 Å². The van der Waals surface area contributed by atoms with Crippen LogP contribution in [0.3, 0.4) is 0 Å². The van der Waals surface area contributed by atoms with Crippen LogP contribution in [0, 0.1) is 0 Å². The SMILES string of the molecule is CC(C)c1ncncc1-c1cc(C(=O)NC(C)(C)C(F)(F)F)cc(-c2ccc(Cl)cc2)n1. The Morgan fingerprint density at radius 2 is 1.69 bits per heavy atom. The van der Waals surface area contributed by atoms with Gasteiger partial charge in [-0.25, -0.2) is 15.0 Å². The quantitative estimate of drug-likeness (QED) is 0.501. The number of carbonyl (C=O) groups is 1. The molecule has 2 heterocycles. The molecule has 0 saturated heterocycles. The maximum absolute atomic E-state index is 13.3. The number of amides is 1. The number of halogens is 4. The van der Waals surface area contributed by atoms with E-state index in [-0.39, 0.29) is 11.5 Å². The average molecular weight is 463 g/mol. The Morgan fingerprint density at radius 1 is 1.06 bits per heavy atom. The molecule has 32 heavy (non-hydrogen) atoms. The van der Waals surface area contributed by atoms with Crippen LogP contribution in [-0.2, 0) is 0 Å². The van der Waals surface area contributed by atoms with Gasteiger partial charge in [0.25, 0.3) is 5.91 Å². The number of benzene rings is 1. The van der Waals surface area contributed by atoms with Crippen LogP contribution in [-0.4, -0.2) is 32.6 Å². The summed E-state index contributed by atoms with van der Waals surface area (Å²) in [7, 11) is 0. The van der Waals surface area contributed by atoms with Gasteiger partial charge in [-0.3, -0.25) is 4.79 Å². The molecule has 2 aromatic heterocycles. The first-order valence-corrected chi connectivity index (χ1v) is 10.2. The summed E-state index contributed by atoms with van der Waals surface area (Å²) >= 11 is 5.97. The van der Waals surface area contributed by atoms with Crippen molar-refractivity contribution in [1.82, 2.24) is 20.3 Å². The number of rotatable bonds is 5. The standard InChI is InChI=1S/C23H22ClF3N4O/c1-13(2)20-17(11-28-12-29-20)19-10-15(21(32)31-22(3,4)23(25,26)27)9-18(30-19)14-5-7-16(24)8-6-14/h5-13H,1-4H3,(H,31,32). The highest BCUT2D eigenvalue weighted by Gasteiger charge is 2.48. The number of alkyl halides is 3. The molecule has 0 aliphatic rings. The zero-order chi connectivity index (χ0) is 23.7. The van der Waals surface area contributed by atoms with Gasteiger partial charge in [-0.1, -0.05) is 37.6 Å². The van der Waals surface area contributed by atoms with Crippen LogP contribution in [0.25, 0.3) is 22.5 Å². The first-order valence-electron chi connectivity index (χ1n) is 9.86. The summed E-state index contributed by atoms with van der Waals surface area (Å²) in [4.78, 5) is 25.9. The van der Waals surface area contributed by atoms with E-state index in [9.17, 15) is 18.0 Å². The lowest BCUT2D eigenvalue weighted by Crippen LogP contribution is -2.54. The highest BCUT2D eigenvalue weighted by Crippen LogP contribution is 2.32. The third kappa shape index (κ3) is 5.07. The molecule has 9 heteroatoms. The zero-order valence-corrected chi connectivity index (χ0v) is 18.7. The first-order chi connectivity index (χ1) is 14.9. The van der Waals surface area contributed by atoms with Gasteiger partial charge >= 0.3 is 6.18 Å². The molecule has 1 aromatic carbocycles. The van der Waals surface area contributed by atoms with Crippen LogP contribution in [0.4, 0.5) is 13.2 Å². The minimum Gasteiger partial charge on any atom is -0.338 e. The first kappa shape index (κ1) is 23.7. The summed E-state index contributed by atoms with van der Waals surface area (Å²) in [6.07, 6.45) is -1.62. The number of hydrogen-bond donors (Lipinski definition) is 1. The number of carbonyl (C=O) groups excluding carboxylic acids is 1. The molecule has 0 aliphatic carbocycles. The fraction of sp³-hybridized carbons (Fsp3) is 0.304. The lowest BCUT2D eigenvalue weighted by atomic mass is 9.99. The molecular formula is C23H22ClF3N4O. The van der Waals surface area contributed by atoms with Gasteiger partial charge in [0, 0.05) is 27.9 Å². The van der Waals surface area contributed by atoms with Crippen LogP contribution < -0.4 is 5.32 Å². The molecule has 5 nitrogen and oxygen atoms in total. The molecule has 0 atom stereocenters. The second-order valence-electron chi connectivity index (χ2n) is 8.19. The number of pyridine rings is 1. The predicted octanol–water partition coefficient (Wildman–Crippen LogP) is 6.05. The highest BCUT2D eigenvalue weighted by molar-refractivity contribution is 6.30. The number of nitrogens with one attached hydrogen (secondary N) is 1. The monoisotopic (exact) mass is 462 g/mol. The summed E-state index contributed by atoms with van der Waals surface area (Å²) < 4.78 is 40.0. The van der Waals surface area contributed by atoms with E-state index in [4.69, 9.17) is 11.6 Å². The van der Waals surface area contributed by atoms with Crippen molar-refractivity contribution in [2.24, 2.45) is 0 Å².